The highest BCUT2D eigenvalue weighted by molar-refractivity contribution is 6.99. The molecule has 2 aromatic carbocycles. The second kappa shape index (κ2) is 9.45. The summed E-state index contributed by atoms with van der Waals surface area (Å²) in [5.41, 5.74) is -2.13. The van der Waals surface area contributed by atoms with Gasteiger partial charge in [-0.2, -0.15) is 0 Å². The van der Waals surface area contributed by atoms with E-state index in [-0.39, 0.29) is 18.1 Å². The Hall–Kier alpha value is -2.03. The molecule has 35 heavy (non-hydrogen) atoms. The van der Waals surface area contributed by atoms with Crippen molar-refractivity contribution in [3.8, 4) is 0 Å². The van der Waals surface area contributed by atoms with Crippen LogP contribution in [0.1, 0.15) is 53.9 Å². The molecular formula is C28H38O6Si. The number of aliphatic hydroxyl groups is 2. The predicted octanol–water partition coefficient (Wildman–Crippen LogP) is 2.93. The van der Waals surface area contributed by atoms with Crippen LogP contribution in [0.3, 0.4) is 0 Å². The second-order valence-corrected chi connectivity index (χ2v) is 15.8. The molecule has 2 aromatic rings. The molecule has 2 fully saturated rings. The quantitative estimate of drug-likeness (QED) is 0.451. The fourth-order valence-corrected chi connectivity index (χ4v) is 10.4. The van der Waals surface area contributed by atoms with E-state index in [1.807, 2.05) is 43.3 Å². The summed E-state index contributed by atoms with van der Waals surface area (Å²) < 4.78 is 18.7. The highest BCUT2D eigenvalue weighted by Gasteiger charge is 2.56. The summed E-state index contributed by atoms with van der Waals surface area (Å²) in [5, 5.41) is 24.0. The topological polar surface area (TPSA) is 85.2 Å². The molecule has 0 spiro atoms. The van der Waals surface area contributed by atoms with Gasteiger partial charge in [0.15, 0.2) is 6.10 Å². The summed E-state index contributed by atoms with van der Waals surface area (Å²) in [7, 11) is -2.82. The Labute approximate surface area is 209 Å². The largest absolute Gasteiger partial charge is 0.456 e. The second-order valence-electron chi connectivity index (χ2n) is 11.4. The lowest BCUT2D eigenvalue weighted by Gasteiger charge is -2.45. The van der Waals surface area contributed by atoms with Crippen LogP contribution in [0.25, 0.3) is 0 Å². The smallest absolute Gasteiger partial charge is 0.309 e. The van der Waals surface area contributed by atoms with Crippen LogP contribution in [0.15, 0.2) is 60.7 Å². The van der Waals surface area contributed by atoms with Gasteiger partial charge in [-0.25, -0.2) is 0 Å². The number of hydrogen-bond acceptors (Lipinski definition) is 6. The van der Waals surface area contributed by atoms with Gasteiger partial charge in [0.2, 0.25) is 0 Å². The van der Waals surface area contributed by atoms with Crippen molar-refractivity contribution in [2.75, 3.05) is 6.61 Å². The van der Waals surface area contributed by atoms with Crippen molar-refractivity contribution < 1.29 is 28.9 Å². The molecule has 6 nitrogen and oxygen atoms in total. The van der Waals surface area contributed by atoms with Crippen molar-refractivity contribution in [1.29, 1.82) is 0 Å². The van der Waals surface area contributed by atoms with Crippen LogP contribution in [0.4, 0.5) is 0 Å². The molecule has 0 aliphatic carbocycles. The van der Waals surface area contributed by atoms with Crippen molar-refractivity contribution in [2.45, 2.75) is 88.4 Å². The van der Waals surface area contributed by atoms with Gasteiger partial charge in [-0.3, -0.25) is 4.79 Å². The average molecular weight is 499 g/mol. The average Bonchev–Trinajstić information content (AvgIpc) is 3.38. The van der Waals surface area contributed by atoms with Crippen LogP contribution >= 0.6 is 0 Å². The standard InChI is InChI=1S/C28H38O6Si/c1-26(2,3)35(20-12-8-6-9-13-20,21-14-10-7-11-15-21)32-19-27(4,31)23-16-17-28(5,34-23)25-22(29)18-24(30)33-25/h6-15,22-23,25,29,31H,16-19H2,1-5H3/t22-,23+,25-,27-,28-/m0/s1. The maximum absolute atomic E-state index is 11.7. The van der Waals surface area contributed by atoms with E-state index >= 15 is 0 Å². The molecule has 2 aliphatic heterocycles. The van der Waals surface area contributed by atoms with Gasteiger partial charge in [0.05, 0.1) is 19.1 Å². The Balaban J connectivity index is 1.61. The Bertz CT molecular complexity index is 979. The number of carbonyl (C=O) groups is 1. The molecule has 190 valence electrons. The lowest BCUT2D eigenvalue weighted by molar-refractivity contribution is -0.185. The van der Waals surface area contributed by atoms with Gasteiger partial charge < -0.3 is 24.1 Å². The molecule has 0 bridgehead atoms. The number of esters is 1. The van der Waals surface area contributed by atoms with E-state index < -0.39 is 43.8 Å². The Morgan fingerprint density at radius 2 is 1.57 bits per heavy atom. The summed E-state index contributed by atoms with van der Waals surface area (Å²) in [5.74, 6) is -0.419. The molecule has 2 aliphatic rings. The SMILES string of the molecule is CC(C)(C)[Si](OC[C@](C)(O)[C@H]1CC[C@@](C)([C@H]2OC(=O)C[C@@H]2O)O1)(c1ccccc1)c1ccccc1. The van der Waals surface area contributed by atoms with Crippen molar-refractivity contribution in [2.24, 2.45) is 0 Å². The van der Waals surface area contributed by atoms with Crippen molar-refractivity contribution >= 4 is 24.7 Å². The van der Waals surface area contributed by atoms with E-state index in [1.165, 1.54) is 0 Å². The first-order chi connectivity index (χ1) is 16.4. The van der Waals surface area contributed by atoms with Crippen LogP contribution in [-0.2, 0) is 18.7 Å². The lowest BCUT2D eigenvalue weighted by Crippen LogP contribution is -2.68. The fourth-order valence-electron chi connectivity index (χ4n) is 5.69. The fraction of sp³-hybridized carbons (Fsp3) is 0.536. The minimum atomic E-state index is -2.82. The lowest BCUT2D eigenvalue weighted by atomic mass is 9.90. The van der Waals surface area contributed by atoms with Gasteiger partial charge in [0, 0.05) is 0 Å². The number of ether oxygens (including phenoxy) is 2. The predicted molar refractivity (Wildman–Crippen MR) is 137 cm³/mol. The minimum absolute atomic E-state index is 0.0261. The van der Waals surface area contributed by atoms with E-state index in [4.69, 9.17) is 13.9 Å². The van der Waals surface area contributed by atoms with E-state index in [9.17, 15) is 15.0 Å². The first-order valence-electron chi connectivity index (χ1n) is 12.4. The zero-order chi connectivity index (χ0) is 25.5. The molecule has 7 heteroatoms. The maximum Gasteiger partial charge on any atom is 0.309 e. The number of hydrogen-bond donors (Lipinski definition) is 2. The van der Waals surface area contributed by atoms with Gasteiger partial charge in [-0.1, -0.05) is 81.4 Å². The Kier molecular flexibility index (Phi) is 7.03. The number of benzene rings is 2. The van der Waals surface area contributed by atoms with E-state index in [2.05, 4.69) is 45.0 Å². The molecule has 2 N–H and O–H groups in total. The molecular weight excluding hydrogens is 460 g/mol. The van der Waals surface area contributed by atoms with E-state index in [0.29, 0.717) is 12.8 Å². The molecule has 0 aromatic heterocycles. The van der Waals surface area contributed by atoms with E-state index in [0.717, 1.165) is 10.4 Å². The number of cyclic esters (lactones) is 1. The first kappa shape index (κ1) is 26.0. The zero-order valence-corrected chi connectivity index (χ0v) is 22.4. The minimum Gasteiger partial charge on any atom is -0.456 e. The third-order valence-electron chi connectivity index (χ3n) is 7.59. The highest BCUT2D eigenvalue weighted by Crippen LogP contribution is 2.43. The highest BCUT2D eigenvalue weighted by atomic mass is 28.4. The van der Waals surface area contributed by atoms with Gasteiger partial charge in [0.1, 0.15) is 17.3 Å². The normalized spacial score (nSPS) is 29.1. The molecule has 0 radical (unpaired) electrons. The third kappa shape index (κ3) is 4.85. The van der Waals surface area contributed by atoms with Gasteiger partial charge >= 0.3 is 5.97 Å². The van der Waals surface area contributed by atoms with Crippen molar-refractivity contribution in [3.63, 3.8) is 0 Å². The Morgan fingerprint density at radius 1 is 1.03 bits per heavy atom. The number of aliphatic hydroxyl groups excluding tert-OH is 1. The summed E-state index contributed by atoms with van der Waals surface area (Å²) in [6, 6.07) is 20.6. The van der Waals surface area contributed by atoms with Crippen LogP contribution in [0.5, 0.6) is 0 Å². The van der Waals surface area contributed by atoms with Gasteiger partial charge in [-0.05, 0) is 42.1 Å². The molecule has 5 atom stereocenters. The number of carbonyl (C=O) groups excluding carboxylic acids is 1. The molecule has 0 amide bonds. The summed E-state index contributed by atoms with van der Waals surface area (Å²) >= 11 is 0. The zero-order valence-electron chi connectivity index (χ0n) is 21.4. The van der Waals surface area contributed by atoms with Gasteiger partial charge in [0.25, 0.3) is 8.32 Å². The van der Waals surface area contributed by atoms with Gasteiger partial charge in [-0.15, -0.1) is 0 Å². The number of rotatable bonds is 7. The summed E-state index contributed by atoms with van der Waals surface area (Å²) in [6.07, 6.45) is -1.02. The van der Waals surface area contributed by atoms with Crippen LogP contribution in [-0.4, -0.2) is 60.6 Å². The van der Waals surface area contributed by atoms with Crippen LogP contribution in [0, 0.1) is 0 Å². The van der Waals surface area contributed by atoms with Crippen LogP contribution in [0.2, 0.25) is 5.04 Å². The Morgan fingerprint density at radius 3 is 2.03 bits per heavy atom. The van der Waals surface area contributed by atoms with Crippen molar-refractivity contribution in [3.05, 3.63) is 60.7 Å². The monoisotopic (exact) mass is 498 g/mol. The van der Waals surface area contributed by atoms with Crippen molar-refractivity contribution in [1.82, 2.24) is 0 Å². The molecule has 0 unspecified atom stereocenters. The molecule has 4 rings (SSSR count). The van der Waals surface area contributed by atoms with E-state index in [1.54, 1.807) is 6.92 Å². The first-order valence-corrected chi connectivity index (χ1v) is 14.3. The third-order valence-corrected chi connectivity index (χ3v) is 12.6. The van der Waals surface area contributed by atoms with Crippen LogP contribution < -0.4 is 10.4 Å². The maximum atomic E-state index is 11.7. The molecule has 2 heterocycles. The molecule has 0 saturated carbocycles. The molecule has 2 saturated heterocycles. The summed E-state index contributed by atoms with van der Waals surface area (Å²) in [6.45, 7) is 10.3. The summed E-state index contributed by atoms with van der Waals surface area (Å²) in [4.78, 5) is 11.7.